The number of hydrogen-bond acceptors (Lipinski definition) is 6. The summed E-state index contributed by atoms with van der Waals surface area (Å²) in [6, 6.07) is 15.0. The van der Waals surface area contributed by atoms with Crippen molar-refractivity contribution in [1.82, 2.24) is 4.90 Å². The Balaban J connectivity index is 1.68. The highest BCUT2D eigenvalue weighted by molar-refractivity contribution is 6.05. The van der Waals surface area contributed by atoms with Crippen LogP contribution in [0, 0.1) is 0 Å². The van der Waals surface area contributed by atoms with E-state index < -0.39 is 11.6 Å². The zero-order valence-corrected chi connectivity index (χ0v) is 17.7. The van der Waals surface area contributed by atoms with Gasteiger partial charge in [0.15, 0.2) is 5.54 Å². The van der Waals surface area contributed by atoms with Crippen molar-refractivity contribution in [1.29, 1.82) is 0 Å². The molecule has 2 aromatic carbocycles. The van der Waals surface area contributed by atoms with Gasteiger partial charge in [0.1, 0.15) is 11.9 Å². The van der Waals surface area contributed by atoms with Gasteiger partial charge in [0.2, 0.25) is 11.8 Å². The Morgan fingerprint density at radius 1 is 1.23 bits per heavy atom. The number of hydrogen-bond donors (Lipinski definition) is 1. The molecule has 7 nitrogen and oxygen atoms in total. The number of benzene rings is 2. The van der Waals surface area contributed by atoms with Crippen LogP contribution in [-0.2, 0) is 27.3 Å². The van der Waals surface area contributed by atoms with Crippen LogP contribution in [-0.4, -0.2) is 52.6 Å². The van der Waals surface area contributed by atoms with Crippen LogP contribution < -0.4 is 4.74 Å². The van der Waals surface area contributed by atoms with Gasteiger partial charge in [-0.2, -0.15) is 0 Å². The summed E-state index contributed by atoms with van der Waals surface area (Å²) >= 11 is 0. The number of fused-ring (bicyclic) bond motifs is 1. The van der Waals surface area contributed by atoms with Crippen LogP contribution >= 0.6 is 0 Å². The Morgan fingerprint density at radius 2 is 1.94 bits per heavy atom. The smallest absolute Gasteiger partial charge is 0.261 e. The van der Waals surface area contributed by atoms with E-state index in [1.807, 2.05) is 43.3 Å². The summed E-state index contributed by atoms with van der Waals surface area (Å²) in [6.07, 6.45) is 0.413. The van der Waals surface area contributed by atoms with E-state index in [4.69, 9.17) is 19.6 Å². The maximum Gasteiger partial charge on any atom is 0.261 e. The van der Waals surface area contributed by atoms with E-state index in [0.29, 0.717) is 31.1 Å². The predicted molar refractivity (Wildman–Crippen MR) is 115 cm³/mol. The minimum absolute atomic E-state index is 0.0805. The summed E-state index contributed by atoms with van der Waals surface area (Å²) < 4.78 is 11.6. The molecule has 4 rings (SSSR count). The standard InChI is InChI=1S/C24H26N2O5/c1-16-24(14-19-6-3-4-7-20(19)15-26(17(2)28)23(24)29)25-22(31-16)18-8-10-21(11-9-18)30-13-5-12-27/h3-4,6-11,16,27H,5,12-15H2,1-2H3/t16-,24-/m0/s1. The lowest BCUT2D eigenvalue weighted by Gasteiger charge is -2.29. The number of rotatable bonds is 5. The molecule has 0 unspecified atom stereocenters. The van der Waals surface area contributed by atoms with Crippen molar-refractivity contribution in [3.63, 3.8) is 0 Å². The first kappa shape index (κ1) is 21.1. The van der Waals surface area contributed by atoms with Crippen molar-refractivity contribution in [3.8, 4) is 5.75 Å². The van der Waals surface area contributed by atoms with E-state index in [0.717, 1.165) is 16.7 Å². The van der Waals surface area contributed by atoms with Gasteiger partial charge in [-0.15, -0.1) is 0 Å². The molecule has 1 spiro atoms. The summed E-state index contributed by atoms with van der Waals surface area (Å²) in [5.74, 6) is 0.426. The maximum absolute atomic E-state index is 13.5. The van der Waals surface area contributed by atoms with Crippen molar-refractivity contribution in [3.05, 3.63) is 65.2 Å². The van der Waals surface area contributed by atoms with Crippen LogP contribution in [0.2, 0.25) is 0 Å². The van der Waals surface area contributed by atoms with Gasteiger partial charge < -0.3 is 14.6 Å². The van der Waals surface area contributed by atoms with Gasteiger partial charge in [0.05, 0.1) is 13.2 Å². The molecule has 2 aromatic rings. The lowest BCUT2D eigenvalue weighted by molar-refractivity contribution is -0.149. The number of nitrogens with zero attached hydrogens (tertiary/aromatic N) is 2. The highest BCUT2D eigenvalue weighted by Gasteiger charge is 2.54. The summed E-state index contributed by atoms with van der Waals surface area (Å²) in [4.78, 5) is 31.9. The first-order chi connectivity index (χ1) is 14.9. The fourth-order valence-electron chi connectivity index (χ4n) is 4.03. The van der Waals surface area contributed by atoms with Gasteiger partial charge in [0.25, 0.3) is 5.91 Å². The van der Waals surface area contributed by atoms with Crippen LogP contribution in [0.1, 0.15) is 37.0 Å². The highest BCUT2D eigenvalue weighted by Crippen LogP contribution is 2.37. The largest absolute Gasteiger partial charge is 0.494 e. The lowest BCUT2D eigenvalue weighted by Crippen LogP contribution is -2.53. The number of carbonyl (C=O) groups is 2. The molecule has 0 aliphatic carbocycles. The second-order valence-corrected chi connectivity index (χ2v) is 7.91. The molecule has 162 valence electrons. The van der Waals surface area contributed by atoms with E-state index in [1.54, 1.807) is 12.1 Å². The second-order valence-electron chi connectivity index (χ2n) is 7.91. The van der Waals surface area contributed by atoms with Crippen molar-refractivity contribution in [2.75, 3.05) is 13.2 Å². The minimum atomic E-state index is -1.19. The van der Waals surface area contributed by atoms with Crippen molar-refractivity contribution in [2.45, 2.75) is 44.9 Å². The van der Waals surface area contributed by atoms with E-state index in [-0.39, 0.29) is 25.0 Å². The quantitative estimate of drug-likeness (QED) is 0.748. The van der Waals surface area contributed by atoms with Gasteiger partial charge in [0, 0.05) is 31.9 Å². The average Bonchev–Trinajstić information content (AvgIpc) is 3.03. The Kier molecular flexibility index (Phi) is 5.78. The van der Waals surface area contributed by atoms with Gasteiger partial charge >= 0.3 is 0 Å². The molecule has 0 aromatic heterocycles. The van der Waals surface area contributed by atoms with Gasteiger partial charge in [-0.25, -0.2) is 4.99 Å². The van der Waals surface area contributed by atoms with E-state index in [9.17, 15) is 9.59 Å². The molecule has 2 aliphatic rings. The van der Waals surface area contributed by atoms with Crippen LogP contribution in [0.15, 0.2) is 53.5 Å². The number of aliphatic hydroxyl groups is 1. The molecular formula is C24H26N2O5. The third-order valence-corrected chi connectivity index (χ3v) is 5.84. The third kappa shape index (κ3) is 3.93. The minimum Gasteiger partial charge on any atom is -0.494 e. The number of aliphatic imine (C=N–C) groups is 1. The van der Waals surface area contributed by atoms with E-state index >= 15 is 0 Å². The van der Waals surface area contributed by atoms with Gasteiger partial charge in [-0.05, 0) is 42.3 Å². The number of ether oxygens (including phenoxy) is 2. The number of imide groups is 1. The van der Waals surface area contributed by atoms with Gasteiger partial charge in [-0.3, -0.25) is 14.5 Å². The average molecular weight is 422 g/mol. The molecule has 7 heteroatoms. The van der Waals surface area contributed by atoms with Crippen molar-refractivity contribution < 1.29 is 24.2 Å². The van der Waals surface area contributed by atoms with Crippen LogP contribution in [0.3, 0.4) is 0 Å². The molecule has 0 saturated heterocycles. The van der Waals surface area contributed by atoms with Crippen LogP contribution in [0.5, 0.6) is 5.75 Å². The SMILES string of the molecule is CC(=O)N1Cc2ccccc2C[C@@]2(N=C(c3ccc(OCCCO)cc3)O[C@H]2C)C1=O. The fraction of sp³-hybridized carbons (Fsp3) is 0.375. The molecule has 2 heterocycles. The Hall–Kier alpha value is -3.19. The van der Waals surface area contributed by atoms with E-state index in [2.05, 4.69) is 0 Å². The summed E-state index contributed by atoms with van der Waals surface area (Å²) in [5, 5.41) is 8.87. The Bertz CT molecular complexity index is 1020. The molecule has 0 fully saturated rings. The summed E-state index contributed by atoms with van der Waals surface area (Å²) in [7, 11) is 0. The normalized spacial score (nSPS) is 22.5. The number of aliphatic hydroxyl groups excluding tert-OH is 1. The first-order valence-corrected chi connectivity index (χ1v) is 10.4. The molecule has 2 aliphatic heterocycles. The molecule has 0 bridgehead atoms. The topological polar surface area (TPSA) is 88.4 Å². The van der Waals surface area contributed by atoms with Crippen molar-refractivity contribution in [2.24, 2.45) is 4.99 Å². The van der Waals surface area contributed by atoms with Crippen LogP contribution in [0.25, 0.3) is 0 Å². The third-order valence-electron chi connectivity index (χ3n) is 5.84. The molecule has 0 radical (unpaired) electrons. The molecular weight excluding hydrogens is 396 g/mol. The second kappa shape index (κ2) is 8.51. The molecule has 0 saturated carbocycles. The Morgan fingerprint density at radius 3 is 2.61 bits per heavy atom. The van der Waals surface area contributed by atoms with Crippen molar-refractivity contribution >= 4 is 17.7 Å². The molecule has 31 heavy (non-hydrogen) atoms. The first-order valence-electron chi connectivity index (χ1n) is 10.4. The molecule has 1 N–H and O–H groups in total. The summed E-state index contributed by atoms with van der Waals surface area (Å²) in [6.45, 7) is 3.98. The summed E-state index contributed by atoms with van der Waals surface area (Å²) in [5.41, 5.74) is 1.48. The number of amides is 2. The van der Waals surface area contributed by atoms with Crippen LogP contribution in [0.4, 0.5) is 0 Å². The zero-order valence-electron chi connectivity index (χ0n) is 17.7. The van der Waals surface area contributed by atoms with Gasteiger partial charge in [-0.1, -0.05) is 24.3 Å². The predicted octanol–water partition coefficient (Wildman–Crippen LogP) is 2.48. The lowest BCUT2D eigenvalue weighted by atomic mass is 9.85. The molecule has 2 atom stereocenters. The highest BCUT2D eigenvalue weighted by atomic mass is 16.5. The number of carbonyl (C=O) groups excluding carboxylic acids is 2. The zero-order chi connectivity index (χ0) is 22.0. The van der Waals surface area contributed by atoms with E-state index in [1.165, 1.54) is 11.8 Å². The monoisotopic (exact) mass is 422 g/mol. The fourth-order valence-corrected chi connectivity index (χ4v) is 4.03. The molecule has 2 amide bonds. The Labute approximate surface area is 181 Å². The maximum atomic E-state index is 13.5.